The third kappa shape index (κ3) is 7.12. The molecule has 0 radical (unpaired) electrons. The van der Waals surface area contributed by atoms with E-state index >= 15 is 0 Å². The standard InChI is InChI=1S/C26H38O6S/c27-14-13-20-21(28)18-23(32-25-12-4-6-16-30-25)26(20)22(31-24-11-3-5-15-29-24)10-2-1-8-19-9-7-17-33-19/h7,9-10,14,17,20-21,23-26,28H,1-6,8,11-13,15-16,18H2/t20-,21-,23-,24?,25?,26-/m1/s1. The molecular formula is C26H38O6S. The molecule has 1 saturated carbocycles. The number of unbranched alkanes of at least 4 members (excludes halogenated alkanes) is 1. The zero-order chi connectivity index (χ0) is 22.9. The van der Waals surface area contributed by atoms with Gasteiger partial charge in [-0.15, -0.1) is 11.3 Å². The first-order valence-corrected chi connectivity index (χ1v) is 13.5. The number of aliphatic hydroxyl groups is 1. The summed E-state index contributed by atoms with van der Waals surface area (Å²) >= 11 is 1.78. The van der Waals surface area contributed by atoms with E-state index in [1.54, 1.807) is 11.3 Å². The average Bonchev–Trinajstić information content (AvgIpc) is 3.46. The molecule has 0 aromatic carbocycles. The van der Waals surface area contributed by atoms with Crippen molar-refractivity contribution in [1.82, 2.24) is 0 Å². The van der Waals surface area contributed by atoms with Crippen LogP contribution >= 0.6 is 11.3 Å². The van der Waals surface area contributed by atoms with Crippen LogP contribution in [0.15, 0.2) is 29.3 Å². The van der Waals surface area contributed by atoms with Crippen molar-refractivity contribution in [2.24, 2.45) is 11.8 Å². The predicted molar refractivity (Wildman–Crippen MR) is 127 cm³/mol. The van der Waals surface area contributed by atoms with Crippen LogP contribution in [0.1, 0.15) is 69.1 Å². The monoisotopic (exact) mass is 478 g/mol. The van der Waals surface area contributed by atoms with Crippen molar-refractivity contribution >= 4 is 17.6 Å². The summed E-state index contributed by atoms with van der Waals surface area (Å²) in [5.74, 6) is 0.420. The minimum absolute atomic E-state index is 0.178. The minimum Gasteiger partial charge on any atom is -0.469 e. The van der Waals surface area contributed by atoms with Gasteiger partial charge >= 0.3 is 0 Å². The second-order valence-corrected chi connectivity index (χ2v) is 10.4. The summed E-state index contributed by atoms with van der Waals surface area (Å²) in [5.41, 5.74) is 0. The fourth-order valence-corrected chi connectivity index (χ4v) is 5.98. The van der Waals surface area contributed by atoms with E-state index in [0.29, 0.717) is 26.1 Å². The van der Waals surface area contributed by atoms with E-state index in [0.717, 1.165) is 69.8 Å². The van der Waals surface area contributed by atoms with Gasteiger partial charge in [-0.2, -0.15) is 0 Å². The number of aldehydes is 1. The molecule has 2 unspecified atom stereocenters. The van der Waals surface area contributed by atoms with Crippen LogP contribution in [0, 0.1) is 11.8 Å². The lowest BCUT2D eigenvalue weighted by atomic mass is 9.88. The van der Waals surface area contributed by atoms with E-state index in [2.05, 4.69) is 23.6 Å². The highest BCUT2D eigenvalue weighted by atomic mass is 32.1. The zero-order valence-corrected chi connectivity index (χ0v) is 20.3. The van der Waals surface area contributed by atoms with Crippen molar-refractivity contribution in [2.75, 3.05) is 13.2 Å². The highest BCUT2D eigenvalue weighted by Crippen LogP contribution is 2.43. The molecule has 0 spiro atoms. The lowest BCUT2D eigenvalue weighted by Gasteiger charge is -2.33. The first-order valence-electron chi connectivity index (χ1n) is 12.6. The summed E-state index contributed by atoms with van der Waals surface area (Å²) in [7, 11) is 0. The third-order valence-corrected chi connectivity index (χ3v) is 7.89. The van der Waals surface area contributed by atoms with E-state index < -0.39 is 6.10 Å². The Balaban J connectivity index is 1.50. The van der Waals surface area contributed by atoms with Crippen LogP contribution in [0.2, 0.25) is 0 Å². The highest BCUT2D eigenvalue weighted by molar-refractivity contribution is 7.09. The molecule has 184 valence electrons. The second-order valence-electron chi connectivity index (χ2n) is 9.36. The summed E-state index contributed by atoms with van der Waals surface area (Å²) in [6.07, 6.45) is 11.4. The maximum atomic E-state index is 11.5. The quantitative estimate of drug-likeness (QED) is 0.274. The van der Waals surface area contributed by atoms with Crippen molar-refractivity contribution in [3.8, 4) is 0 Å². The summed E-state index contributed by atoms with van der Waals surface area (Å²) in [6, 6.07) is 4.26. The number of hydrogen-bond donors (Lipinski definition) is 1. The number of aryl methyl sites for hydroxylation is 1. The van der Waals surface area contributed by atoms with Crippen molar-refractivity contribution in [2.45, 2.75) is 95.4 Å². The number of allylic oxidation sites excluding steroid dienone is 1. The Morgan fingerprint density at radius 1 is 1.15 bits per heavy atom. The second kappa shape index (κ2) is 13.0. The van der Waals surface area contributed by atoms with Gasteiger partial charge in [-0.05, 0) is 68.9 Å². The first-order chi connectivity index (χ1) is 16.2. The molecular weight excluding hydrogens is 440 g/mol. The lowest BCUT2D eigenvalue weighted by Crippen LogP contribution is -2.34. The van der Waals surface area contributed by atoms with Crippen molar-refractivity contribution in [1.29, 1.82) is 0 Å². The Kier molecular flexibility index (Phi) is 9.80. The van der Waals surface area contributed by atoms with Crippen LogP contribution < -0.4 is 0 Å². The average molecular weight is 479 g/mol. The largest absolute Gasteiger partial charge is 0.469 e. The van der Waals surface area contributed by atoms with Gasteiger partial charge in [0.2, 0.25) is 0 Å². The highest BCUT2D eigenvalue weighted by Gasteiger charge is 2.47. The Morgan fingerprint density at radius 3 is 2.61 bits per heavy atom. The van der Waals surface area contributed by atoms with Crippen LogP contribution in [0.25, 0.3) is 0 Å². The first kappa shape index (κ1) is 24.9. The van der Waals surface area contributed by atoms with E-state index in [1.165, 1.54) is 4.88 Å². The van der Waals surface area contributed by atoms with Gasteiger partial charge in [0.1, 0.15) is 12.0 Å². The fraction of sp³-hybridized carbons (Fsp3) is 0.731. The number of ether oxygens (including phenoxy) is 4. The molecule has 0 amide bonds. The normalized spacial score (nSPS) is 33.2. The topological polar surface area (TPSA) is 74.2 Å². The van der Waals surface area contributed by atoms with E-state index in [9.17, 15) is 9.90 Å². The number of thiophene rings is 1. The molecule has 3 aliphatic rings. The van der Waals surface area contributed by atoms with Gasteiger partial charge in [0.05, 0.1) is 18.8 Å². The number of carbonyl (C=O) groups is 1. The molecule has 0 bridgehead atoms. The molecule has 4 rings (SSSR count). The van der Waals surface area contributed by atoms with Crippen LogP contribution in [-0.2, 0) is 30.2 Å². The smallest absolute Gasteiger partial charge is 0.199 e. The number of rotatable bonds is 11. The number of hydrogen-bond acceptors (Lipinski definition) is 7. The van der Waals surface area contributed by atoms with Gasteiger partial charge in [-0.1, -0.05) is 6.07 Å². The number of aliphatic hydroxyl groups excluding tert-OH is 1. The predicted octanol–water partition coefficient (Wildman–Crippen LogP) is 5.00. The molecule has 6 nitrogen and oxygen atoms in total. The molecule has 1 aliphatic carbocycles. The zero-order valence-electron chi connectivity index (χ0n) is 19.4. The van der Waals surface area contributed by atoms with Crippen LogP contribution in [0.5, 0.6) is 0 Å². The Hall–Kier alpha value is -1.25. The lowest BCUT2D eigenvalue weighted by molar-refractivity contribution is -0.201. The van der Waals surface area contributed by atoms with Gasteiger partial charge in [-0.3, -0.25) is 0 Å². The molecule has 1 aromatic rings. The van der Waals surface area contributed by atoms with E-state index in [1.807, 2.05) is 0 Å². The van der Waals surface area contributed by atoms with Crippen molar-refractivity contribution in [3.63, 3.8) is 0 Å². The SMILES string of the molecule is O=CC[C@H]1[C@H](C(=CCCCc2cccs2)OC2CCCCO2)[C@H](OC2CCCCO2)C[C@H]1O. The molecule has 3 fully saturated rings. The van der Waals surface area contributed by atoms with Gasteiger partial charge in [0, 0.05) is 42.6 Å². The Labute approximate surface area is 201 Å². The minimum atomic E-state index is -0.598. The molecule has 2 aliphatic heterocycles. The molecule has 1 aromatic heterocycles. The maximum Gasteiger partial charge on any atom is 0.199 e. The maximum absolute atomic E-state index is 11.5. The summed E-state index contributed by atoms with van der Waals surface area (Å²) in [4.78, 5) is 12.9. The number of carbonyl (C=O) groups excluding carboxylic acids is 1. The van der Waals surface area contributed by atoms with Gasteiger partial charge in [0.25, 0.3) is 0 Å². The molecule has 2 saturated heterocycles. The third-order valence-electron chi connectivity index (χ3n) is 6.95. The van der Waals surface area contributed by atoms with Gasteiger partial charge < -0.3 is 28.8 Å². The van der Waals surface area contributed by atoms with Crippen LogP contribution in [0.3, 0.4) is 0 Å². The molecule has 6 atom stereocenters. The van der Waals surface area contributed by atoms with Gasteiger partial charge in [-0.25, -0.2) is 0 Å². The summed E-state index contributed by atoms with van der Waals surface area (Å²) in [6.45, 7) is 1.41. The molecule has 1 N–H and O–H groups in total. The van der Waals surface area contributed by atoms with Crippen LogP contribution in [0.4, 0.5) is 0 Å². The Morgan fingerprint density at radius 2 is 1.94 bits per heavy atom. The van der Waals surface area contributed by atoms with Crippen molar-refractivity contribution in [3.05, 3.63) is 34.2 Å². The Bertz CT molecular complexity index is 723. The van der Waals surface area contributed by atoms with Crippen LogP contribution in [-0.4, -0.2) is 49.4 Å². The molecule has 33 heavy (non-hydrogen) atoms. The molecule has 3 heterocycles. The summed E-state index contributed by atoms with van der Waals surface area (Å²) < 4.78 is 24.6. The van der Waals surface area contributed by atoms with E-state index in [-0.39, 0.29) is 30.5 Å². The van der Waals surface area contributed by atoms with E-state index in [4.69, 9.17) is 18.9 Å². The van der Waals surface area contributed by atoms with Crippen molar-refractivity contribution < 1.29 is 28.8 Å². The molecule has 7 heteroatoms. The van der Waals surface area contributed by atoms with Gasteiger partial charge in [0.15, 0.2) is 12.6 Å². The summed E-state index contributed by atoms with van der Waals surface area (Å²) in [5, 5.41) is 13.0. The fourth-order valence-electron chi connectivity index (χ4n) is 5.23.